The predicted molar refractivity (Wildman–Crippen MR) is 172 cm³/mol. The highest BCUT2D eigenvalue weighted by molar-refractivity contribution is 6.00. The number of carbonyl (C=O) groups excluding carboxylic acids is 2. The van der Waals surface area contributed by atoms with Gasteiger partial charge in [0.1, 0.15) is 0 Å². The van der Waals surface area contributed by atoms with E-state index in [1.165, 1.54) is 48.2 Å². The van der Waals surface area contributed by atoms with E-state index in [1.807, 2.05) is 11.0 Å². The van der Waals surface area contributed by atoms with Crippen LogP contribution in [0.4, 0.5) is 0 Å². The average molecular weight is 619 g/mol. The highest BCUT2D eigenvalue weighted by Gasteiger charge is 2.36. The molecule has 0 radical (unpaired) electrons. The summed E-state index contributed by atoms with van der Waals surface area (Å²) in [6.45, 7) is 4.79. The fraction of sp³-hybridized carbons (Fsp3) is 0.371. The summed E-state index contributed by atoms with van der Waals surface area (Å²) in [5, 5.41) is 0. The minimum absolute atomic E-state index is 0.213. The monoisotopic (exact) mass is 618 g/mol. The van der Waals surface area contributed by atoms with E-state index in [0.717, 1.165) is 12.0 Å². The van der Waals surface area contributed by atoms with Gasteiger partial charge in [0.15, 0.2) is 23.0 Å². The van der Waals surface area contributed by atoms with Crippen molar-refractivity contribution in [2.45, 2.75) is 25.3 Å². The van der Waals surface area contributed by atoms with Gasteiger partial charge in [-0.25, -0.2) is 0 Å². The van der Waals surface area contributed by atoms with E-state index in [4.69, 9.17) is 28.4 Å². The van der Waals surface area contributed by atoms with Crippen molar-refractivity contribution in [3.63, 3.8) is 0 Å². The summed E-state index contributed by atoms with van der Waals surface area (Å²) >= 11 is 0. The Balaban J connectivity index is 1.66. The lowest BCUT2D eigenvalue weighted by molar-refractivity contribution is 0.0368. The van der Waals surface area contributed by atoms with Crippen molar-refractivity contribution in [2.75, 3.05) is 62.3 Å². The summed E-state index contributed by atoms with van der Waals surface area (Å²) < 4.78 is 33.1. The van der Waals surface area contributed by atoms with Gasteiger partial charge in [-0.15, -0.1) is 6.58 Å². The molecule has 0 aromatic heterocycles. The van der Waals surface area contributed by atoms with Gasteiger partial charge in [0.2, 0.25) is 11.5 Å². The second-order valence-electron chi connectivity index (χ2n) is 10.5. The van der Waals surface area contributed by atoms with Gasteiger partial charge in [0.05, 0.1) is 59.8 Å². The van der Waals surface area contributed by atoms with Gasteiger partial charge in [-0.1, -0.05) is 30.3 Å². The zero-order valence-electron chi connectivity index (χ0n) is 26.9. The first-order chi connectivity index (χ1) is 21.8. The number of hydrogen-bond donors (Lipinski definition) is 0. The first-order valence-electron chi connectivity index (χ1n) is 14.7. The van der Waals surface area contributed by atoms with E-state index in [9.17, 15) is 9.59 Å². The van der Waals surface area contributed by atoms with Crippen LogP contribution in [0.3, 0.4) is 0 Å². The van der Waals surface area contributed by atoms with Crippen LogP contribution in [-0.2, 0) is 12.8 Å². The molecule has 0 spiro atoms. The topological polar surface area (TPSA) is 96.0 Å². The minimum Gasteiger partial charge on any atom is -0.493 e. The number of benzene rings is 3. The van der Waals surface area contributed by atoms with Crippen molar-refractivity contribution in [3.8, 4) is 34.5 Å². The smallest absolute Gasteiger partial charge is 0.258 e. The molecule has 1 aliphatic rings. The Kier molecular flexibility index (Phi) is 11.2. The van der Waals surface area contributed by atoms with Crippen LogP contribution in [0.2, 0.25) is 0 Å². The maximum Gasteiger partial charge on any atom is 0.258 e. The average Bonchev–Trinajstić information content (AvgIpc) is 3.09. The van der Waals surface area contributed by atoms with Crippen LogP contribution in [0.15, 0.2) is 61.2 Å². The molecule has 0 N–H and O–H groups in total. The van der Waals surface area contributed by atoms with Crippen LogP contribution in [0.25, 0.3) is 0 Å². The fourth-order valence-corrected chi connectivity index (χ4v) is 5.76. The van der Waals surface area contributed by atoms with Crippen LogP contribution in [-0.4, -0.2) is 89.9 Å². The molecule has 1 aliphatic heterocycles. The van der Waals surface area contributed by atoms with E-state index in [0.29, 0.717) is 78.1 Å². The molecule has 240 valence electrons. The first kappa shape index (κ1) is 33.0. The number of amides is 2. The first-order valence-corrected chi connectivity index (χ1v) is 14.7. The molecule has 10 nitrogen and oxygen atoms in total. The molecule has 4 rings (SSSR count). The Bertz CT molecular complexity index is 1500. The number of ether oxygens (including phenoxy) is 6. The highest BCUT2D eigenvalue weighted by Crippen LogP contribution is 2.42. The number of piperazine rings is 1. The van der Waals surface area contributed by atoms with Crippen molar-refractivity contribution < 1.29 is 38.0 Å². The van der Waals surface area contributed by atoms with Gasteiger partial charge in [-0.05, 0) is 54.7 Å². The van der Waals surface area contributed by atoms with E-state index < -0.39 is 0 Å². The zero-order valence-corrected chi connectivity index (χ0v) is 26.9. The van der Waals surface area contributed by atoms with E-state index in [2.05, 4.69) is 30.8 Å². The molecule has 1 fully saturated rings. The van der Waals surface area contributed by atoms with E-state index >= 15 is 0 Å². The number of nitrogens with zero attached hydrogens (tertiary/aromatic N) is 2. The van der Waals surface area contributed by atoms with Crippen LogP contribution >= 0.6 is 0 Å². The van der Waals surface area contributed by atoms with Crippen molar-refractivity contribution in [3.05, 3.63) is 83.4 Å². The standard InChI is InChI=1S/C35H42N2O8/c1-8-9-23-10-12-24(13-11-23)14-15-25-22-36(34(38)26-16-18-28(40-2)32(44-6)30(26)42-4)20-21-37(25)35(39)27-17-19-29(41-3)33(45-7)31(27)43-5/h8,10-13,16-19,25H,1,9,14-15,20-22H2,2-7H3. The Hall–Kier alpha value is -4.86. The normalized spacial score (nSPS) is 14.4. The van der Waals surface area contributed by atoms with Crippen molar-refractivity contribution in [1.82, 2.24) is 9.80 Å². The molecular formula is C35H42N2O8. The lowest BCUT2D eigenvalue weighted by Crippen LogP contribution is -2.56. The minimum atomic E-state index is -0.285. The molecule has 0 saturated carbocycles. The summed E-state index contributed by atoms with van der Waals surface area (Å²) in [7, 11) is 9.05. The van der Waals surface area contributed by atoms with Crippen LogP contribution in [0.1, 0.15) is 38.3 Å². The molecule has 2 amide bonds. The van der Waals surface area contributed by atoms with E-state index in [-0.39, 0.29) is 17.9 Å². The van der Waals surface area contributed by atoms with Gasteiger partial charge in [-0.3, -0.25) is 9.59 Å². The number of hydrogen-bond acceptors (Lipinski definition) is 8. The van der Waals surface area contributed by atoms with Gasteiger partial charge < -0.3 is 38.2 Å². The molecule has 1 saturated heterocycles. The van der Waals surface area contributed by atoms with Crippen molar-refractivity contribution in [1.29, 1.82) is 0 Å². The largest absolute Gasteiger partial charge is 0.493 e. The Labute approximate surface area is 265 Å². The van der Waals surface area contributed by atoms with Crippen LogP contribution in [0.5, 0.6) is 34.5 Å². The number of carbonyl (C=O) groups is 2. The molecule has 45 heavy (non-hydrogen) atoms. The molecule has 1 atom stereocenters. The second-order valence-corrected chi connectivity index (χ2v) is 10.5. The summed E-state index contributed by atoms with van der Waals surface area (Å²) in [6.07, 6.45) is 4.03. The van der Waals surface area contributed by atoms with Crippen LogP contribution in [0, 0.1) is 0 Å². The summed E-state index contributed by atoms with van der Waals surface area (Å²) in [4.78, 5) is 31.7. The van der Waals surface area contributed by atoms with Gasteiger partial charge in [0, 0.05) is 19.6 Å². The molecule has 0 bridgehead atoms. The number of allylic oxidation sites excluding steroid dienone is 1. The molecule has 1 unspecified atom stereocenters. The second kappa shape index (κ2) is 15.2. The van der Waals surface area contributed by atoms with Gasteiger partial charge in [0.25, 0.3) is 11.8 Å². The zero-order chi connectivity index (χ0) is 32.5. The summed E-state index contributed by atoms with van der Waals surface area (Å²) in [6, 6.07) is 14.8. The fourth-order valence-electron chi connectivity index (χ4n) is 5.76. The summed E-state index contributed by atoms with van der Waals surface area (Å²) in [5.41, 5.74) is 3.04. The third-order valence-corrected chi connectivity index (χ3v) is 8.07. The van der Waals surface area contributed by atoms with Crippen molar-refractivity contribution >= 4 is 11.8 Å². The molecule has 0 aliphatic carbocycles. The lowest BCUT2D eigenvalue weighted by atomic mass is 9.98. The molecular weight excluding hydrogens is 576 g/mol. The lowest BCUT2D eigenvalue weighted by Gasteiger charge is -2.42. The molecule has 1 heterocycles. The predicted octanol–water partition coefficient (Wildman–Crippen LogP) is 5.07. The SMILES string of the molecule is C=CCc1ccc(CCC2CN(C(=O)c3ccc(OC)c(OC)c3OC)CCN2C(=O)c2ccc(OC)c(OC)c2OC)cc1. The molecule has 3 aromatic rings. The maximum absolute atomic E-state index is 14.2. The molecule has 3 aromatic carbocycles. The van der Waals surface area contributed by atoms with Gasteiger partial charge >= 0.3 is 0 Å². The highest BCUT2D eigenvalue weighted by atomic mass is 16.5. The van der Waals surface area contributed by atoms with Crippen LogP contribution < -0.4 is 28.4 Å². The Morgan fingerprint density at radius 2 is 1.20 bits per heavy atom. The van der Waals surface area contributed by atoms with E-state index in [1.54, 1.807) is 29.2 Å². The van der Waals surface area contributed by atoms with Gasteiger partial charge in [-0.2, -0.15) is 0 Å². The number of methoxy groups -OCH3 is 6. The Morgan fingerprint density at radius 3 is 1.69 bits per heavy atom. The molecule has 10 heteroatoms. The number of rotatable bonds is 13. The maximum atomic E-state index is 14.2. The summed E-state index contributed by atoms with van der Waals surface area (Å²) in [5.74, 6) is 1.77. The quantitative estimate of drug-likeness (QED) is 0.245. The Morgan fingerprint density at radius 1 is 0.689 bits per heavy atom. The van der Waals surface area contributed by atoms with Crippen molar-refractivity contribution in [2.24, 2.45) is 0 Å². The third kappa shape index (κ3) is 6.95. The number of aryl methyl sites for hydroxylation is 1. The third-order valence-electron chi connectivity index (χ3n) is 8.07.